The minimum Gasteiger partial charge on any atom is -0.488 e. The molecule has 1 aromatic carbocycles. The van der Waals surface area contributed by atoms with Crippen molar-refractivity contribution in [3.8, 4) is 5.75 Å². The van der Waals surface area contributed by atoms with Gasteiger partial charge in [0.15, 0.2) is 0 Å². The molecule has 0 bridgehead atoms. The third kappa shape index (κ3) is 3.86. The summed E-state index contributed by atoms with van der Waals surface area (Å²) in [6, 6.07) is 9.21. The Morgan fingerprint density at radius 3 is 2.57 bits per heavy atom. The van der Waals surface area contributed by atoms with Crippen molar-refractivity contribution in [3.05, 3.63) is 42.2 Å². The van der Waals surface area contributed by atoms with Gasteiger partial charge in [0.1, 0.15) is 12.4 Å². The molecule has 0 unspecified atom stereocenters. The van der Waals surface area contributed by atoms with Crippen LogP contribution in [-0.4, -0.2) is 26.9 Å². The van der Waals surface area contributed by atoms with Crippen LogP contribution in [-0.2, 0) is 6.61 Å². The second-order valence-electron chi connectivity index (χ2n) is 4.96. The van der Waals surface area contributed by atoms with Crippen LogP contribution >= 0.6 is 0 Å². The molecule has 5 nitrogen and oxygen atoms in total. The van der Waals surface area contributed by atoms with Gasteiger partial charge in [0, 0.05) is 11.7 Å². The van der Waals surface area contributed by atoms with Crippen molar-refractivity contribution in [1.82, 2.24) is 9.78 Å². The Hall–Kier alpha value is -1.79. The minimum absolute atomic E-state index is 0.302. The lowest BCUT2D eigenvalue weighted by molar-refractivity contribution is 0.297. The molecular formula is C15H21BN2O3. The van der Waals surface area contributed by atoms with Crippen LogP contribution in [0.5, 0.6) is 5.75 Å². The van der Waals surface area contributed by atoms with Crippen LogP contribution in [0.25, 0.3) is 0 Å². The largest absolute Gasteiger partial charge is 0.492 e. The van der Waals surface area contributed by atoms with Crippen LogP contribution in [0.3, 0.4) is 0 Å². The summed E-state index contributed by atoms with van der Waals surface area (Å²) in [5, 5.41) is 23.1. The van der Waals surface area contributed by atoms with Gasteiger partial charge in [-0.25, -0.2) is 0 Å². The molecule has 2 rings (SSSR count). The lowest BCUT2D eigenvalue weighted by Crippen LogP contribution is -2.31. The summed E-state index contributed by atoms with van der Waals surface area (Å²) in [6.45, 7) is 4.59. The highest BCUT2D eigenvalue weighted by Gasteiger charge is 2.16. The number of benzene rings is 1. The van der Waals surface area contributed by atoms with Crippen LogP contribution < -0.4 is 10.2 Å². The standard InChI is InChI=1S/C15H21BN2O3/c1-3-13(4-2)18-10-9-12(17-18)11-21-15-8-6-5-7-14(15)16(19)20/h5-10,13,19-20H,3-4,11H2,1-2H3. The van der Waals surface area contributed by atoms with Gasteiger partial charge in [-0.2, -0.15) is 5.10 Å². The summed E-state index contributed by atoms with van der Waals surface area (Å²) < 4.78 is 7.61. The highest BCUT2D eigenvalue weighted by Crippen LogP contribution is 2.15. The maximum absolute atomic E-state index is 9.30. The number of ether oxygens (including phenoxy) is 1. The molecule has 1 aromatic heterocycles. The van der Waals surface area contributed by atoms with Crippen molar-refractivity contribution in [2.75, 3.05) is 0 Å². The van der Waals surface area contributed by atoms with Gasteiger partial charge < -0.3 is 14.8 Å². The Labute approximate surface area is 125 Å². The van der Waals surface area contributed by atoms with E-state index in [-0.39, 0.29) is 0 Å². The maximum atomic E-state index is 9.30. The molecular weight excluding hydrogens is 267 g/mol. The molecule has 6 heteroatoms. The molecule has 2 aromatic rings. The van der Waals surface area contributed by atoms with Crippen molar-refractivity contribution in [3.63, 3.8) is 0 Å². The maximum Gasteiger partial charge on any atom is 0.492 e. The first-order chi connectivity index (χ1) is 10.2. The van der Waals surface area contributed by atoms with Gasteiger partial charge in [-0.05, 0) is 25.0 Å². The molecule has 2 N–H and O–H groups in total. The van der Waals surface area contributed by atoms with Gasteiger partial charge in [0.05, 0.1) is 11.7 Å². The summed E-state index contributed by atoms with van der Waals surface area (Å²) in [7, 11) is -1.54. The smallest absolute Gasteiger partial charge is 0.488 e. The van der Waals surface area contributed by atoms with Gasteiger partial charge in [-0.1, -0.05) is 32.0 Å². The molecule has 0 atom stereocenters. The fourth-order valence-electron chi connectivity index (χ4n) is 2.30. The second-order valence-corrected chi connectivity index (χ2v) is 4.96. The number of hydrogen-bond acceptors (Lipinski definition) is 4. The lowest BCUT2D eigenvalue weighted by Gasteiger charge is -2.13. The van der Waals surface area contributed by atoms with E-state index in [1.165, 1.54) is 0 Å². The third-order valence-corrected chi connectivity index (χ3v) is 3.55. The third-order valence-electron chi connectivity index (χ3n) is 3.55. The molecule has 0 saturated heterocycles. The first kappa shape index (κ1) is 15.6. The topological polar surface area (TPSA) is 67.5 Å². The zero-order valence-electron chi connectivity index (χ0n) is 12.4. The van der Waals surface area contributed by atoms with Crippen LogP contribution in [0.4, 0.5) is 0 Å². The van der Waals surface area contributed by atoms with Crippen LogP contribution in [0.1, 0.15) is 38.4 Å². The predicted octanol–water partition coefficient (Wildman–Crippen LogP) is 1.50. The number of aromatic nitrogens is 2. The van der Waals surface area contributed by atoms with Gasteiger partial charge in [0.25, 0.3) is 0 Å². The highest BCUT2D eigenvalue weighted by molar-refractivity contribution is 6.59. The van der Waals surface area contributed by atoms with Crippen molar-refractivity contribution < 1.29 is 14.8 Å². The Morgan fingerprint density at radius 2 is 1.90 bits per heavy atom. The zero-order valence-corrected chi connectivity index (χ0v) is 12.4. The van der Waals surface area contributed by atoms with Crippen LogP contribution in [0.2, 0.25) is 0 Å². The molecule has 0 radical (unpaired) electrons. The molecule has 0 aliphatic heterocycles. The lowest BCUT2D eigenvalue weighted by atomic mass is 9.79. The van der Waals surface area contributed by atoms with Crippen molar-refractivity contribution in [1.29, 1.82) is 0 Å². The predicted molar refractivity (Wildman–Crippen MR) is 82.4 cm³/mol. The Balaban J connectivity index is 2.04. The fraction of sp³-hybridized carbons (Fsp3) is 0.400. The van der Waals surface area contributed by atoms with E-state index in [9.17, 15) is 10.0 Å². The summed E-state index contributed by atoms with van der Waals surface area (Å²) in [5.41, 5.74) is 1.18. The molecule has 112 valence electrons. The van der Waals surface area contributed by atoms with Crippen molar-refractivity contribution >= 4 is 12.6 Å². The van der Waals surface area contributed by atoms with E-state index in [0.29, 0.717) is 23.9 Å². The van der Waals surface area contributed by atoms with E-state index in [1.807, 2.05) is 16.9 Å². The van der Waals surface area contributed by atoms with E-state index in [0.717, 1.165) is 18.5 Å². The molecule has 0 aliphatic carbocycles. The van der Waals surface area contributed by atoms with E-state index in [1.54, 1.807) is 24.3 Å². The molecule has 1 heterocycles. The highest BCUT2D eigenvalue weighted by atomic mass is 16.5. The van der Waals surface area contributed by atoms with Crippen LogP contribution in [0, 0.1) is 0 Å². The molecule has 0 amide bonds. The zero-order chi connectivity index (χ0) is 15.2. The summed E-state index contributed by atoms with van der Waals surface area (Å²) in [5.74, 6) is 0.463. The Bertz CT molecular complexity index is 568. The summed E-state index contributed by atoms with van der Waals surface area (Å²) in [4.78, 5) is 0. The number of nitrogens with zero attached hydrogens (tertiary/aromatic N) is 2. The van der Waals surface area contributed by atoms with Gasteiger partial charge >= 0.3 is 7.12 Å². The quantitative estimate of drug-likeness (QED) is 0.758. The monoisotopic (exact) mass is 288 g/mol. The average Bonchev–Trinajstić information content (AvgIpc) is 2.95. The molecule has 21 heavy (non-hydrogen) atoms. The Morgan fingerprint density at radius 1 is 1.19 bits per heavy atom. The first-order valence-corrected chi connectivity index (χ1v) is 7.27. The van der Waals surface area contributed by atoms with Crippen molar-refractivity contribution in [2.24, 2.45) is 0 Å². The number of para-hydroxylation sites is 1. The number of rotatable bonds is 7. The molecule has 0 spiro atoms. The van der Waals surface area contributed by atoms with E-state index >= 15 is 0 Å². The summed E-state index contributed by atoms with van der Waals surface area (Å²) >= 11 is 0. The summed E-state index contributed by atoms with van der Waals surface area (Å²) in [6.07, 6.45) is 4.04. The normalized spacial score (nSPS) is 10.9. The van der Waals surface area contributed by atoms with Gasteiger partial charge in [-0.15, -0.1) is 0 Å². The fourth-order valence-corrected chi connectivity index (χ4v) is 2.30. The van der Waals surface area contributed by atoms with E-state index in [4.69, 9.17) is 4.74 Å². The van der Waals surface area contributed by atoms with Crippen molar-refractivity contribution in [2.45, 2.75) is 39.3 Å². The SMILES string of the molecule is CCC(CC)n1ccc(COc2ccccc2B(O)O)n1. The second kappa shape index (κ2) is 7.29. The average molecular weight is 288 g/mol. The van der Waals surface area contributed by atoms with E-state index < -0.39 is 7.12 Å². The first-order valence-electron chi connectivity index (χ1n) is 7.27. The molecule has 0 saturated carbocycles. The van der Waals surface area contributed by atoms with Gasteiger partial charge in [-0.3, -0.25) is 4.68 Å². The minimum atomic E-state index is -1.54. The molecule has 0 aliphatic rings. The molecule has 0 fully saturated rings. The van der Waals surface area contributed by atoms with Crippen LogP contribution in [0.15, 0.2) is 36.5 Å². The van der Waals surface area contributed by atoms with E-state index in [2.05, 4.69) is 18.9 Å². The number of hydrogen-bond donors (Lipinski definition) is 2. The van der Waals surface area contributed by atoms with Gasteiger partial charge in [0.2, 0.25) is 0 Å². The Kier molecular flexibility index (Phi) is 5.41.